The average Bonchev–Trinajstić information content (AvgIpc) is 2.59. The SMILES string of the molecule is COCc1cccc(CNC(=O)NCc2ccc(OC)c(O)c2)c1. The van der Waals surface area contributed by atoms with Crippen molar-refractivity contribution in [2.24, 2.45) is 0 Å². The minimum atomic E-state index is -0.276. The first-order valence-corrected chi connectivity index (χ1v) is 7.56. The lowest BCUT2D eigenvalue weighted by Crippen LogP contribution is -2.34. The van der Waals surface area contributed by atoms with Gasteiger partial charge in [-0.15, -0.1) is 0 Å². The van der Waals surface area contributed by atoms with E-state index in [1.165, 1.54) is 7.11 Å². The summed E-state index contributed by atoms with van der Waals surface area (Å²) < 4.78 is 10.1. The lowest BCUT2D eigenvalue weighted by Gasteiger charge is -2.10. The van der Waals surface area contributed by atoms with Gasteiger partial charge in [0.2, 0.25) is 0 Å². The van der Waals surface area contributed by atoms with Gasteiger partial charge < -0.3 is 25.2 Å². The Morgan fingerprint density at radius 1 is 1.00 bits per heavy atom. The van der Waals surface area contributed by atoms with Crippen LogP contribution in [0, 0.1) is 0 Å². The number of phenolic OH excluding ortho intramolecular Hbond substituents is 1. The minimum absolute atomic E-state index is 0.0483. The molecule has 2 rings (SSSR count). The maximum atomic E-state index is 11.9. The summed E-state index contributed by atoms with van der Waals surface area (Å²) in [6.45, 7) is 1.28. The molecule has 0 aliphatic rings. The van der Waals surface area contributed by atoms with Crippen LogP contribution in [0.15, 0.2) is 42.5 Å². The molecule has 0 atom stereocenters. The van der Waals surface area contributed by atoms with Crippen molar-refractivity contribution in [1.29, 1.82) is 0 Å². The molecule has 0 saturated carbocycles. The number of benzene rings is 2. The smallest absolute Gasteiger partial charge is 0.315 e. The number of ether oxygens (including phenoxy) is 2. The van der Waals surface area contributed by atoms with Gasteiger partial charge in [0.25, 0.3) is 0 Å². The van der Waals surface area contributed by atoms with Crippen LogP contribution < -0.4 is 15.4 Å². The number of methoxy groups -OCH3 is 2. The van der Waals surface area contributed by atoms with Gasteiger partial charge in [-0.3, -0.25) is 0 Å². The van der Waals surface area contributed by atoms with Crippen molar-refractivity contribution in [2.45, 2.75) is 19.7 Å². The van der Waals surface area contributed by atoms with Gasteiger partial charge in [0.15, 0.2) is 11.5 Å². The summed E-state index contributed by atoms with van der Waals surface area (Å²) in [5.74, 6) is 0.450. The van der Waals surface area contributed by atoms with Gasteiger partial charge in [-0.1, -0.05) is 30.3 Å². The van der Waals surface area contributed by atoms with E-state index in [1.54, 1.807) is 25.3 Å². The second kappa shape index (κ2) is 8.79. The number of phenols is 1. The van der Waals surface area contributed by atoms with E-state index in [2.05, 4.69) is 10.6 Å². The third-order valence-electron chi connectivity index (χ3n) is 3.45. The quantitative estimate of drug-likeness (QED) is 0.729. The number of hydrogen-bond donors (Lipinski definition) is 3. The Hall–Kier alpha value is -2.73. The molecule has 3 N–H and O–H groups in total. The Bertz CT molecular complexity index is 688. The van der Waals surface area contributed by atoms with E-state index in [0.717, 1.165) is 16.7 Å². The molecular weight excluding hydrogens is 308 g/mol. The van der Waals surface area contributed by atoms with Crippen molar-refractivity contribution < 1.29 is 19.4 Å². The molecule has 6 heteroatoms. The topological polar surface area (TPSA) is 79.8 Å². The van der Waals surface area contributed by atoms with Crippen LogP contribution in [0.25, 0.3) is 0 Å². The molecule has 24 heavy (non-hydrogen) atoms. The highest BCUT2D eigenvalue weighted by Crippen LogP contribution is 2.25. The first-order chi connectivity index (χ1) is 11.6. The molecular formula is C18H22N2O4. The second-order valence-corrected chi connectivity index (χ2v) is 5.30. The Morgan fingerprint density at radius 3 is 2.29 bits per heavy atom. The van der Waals surface area contributed by atoms with E-state index in [9.17, 15) is 9.90 Å². The van der Waals surface area contributed by atoms with Gasteiger partial charge in [0.05, 0.1) is 13.7 Å². The molecule has 128 valence electrons. The van der Waals surface area contributed by atoms with Gasteiger partial charge in [-0.25, -0.2) is 4.79 Å². The Kier molecular flexibility index (Phi) is 6.45. The van der Waals surface area contributed by atoms with E-state index >= 15 is 0 Å². The monoisotopic (exact) mass is 330 g/mol. The third kappa shape index (κ3) is 5.17. The summed E-state index contributed by atoms with van der Waals surface area (Å²) in [7, 11) is 3.14. The van der Waals surface area contributed by atoms with Crippen LogP contribution in [-0.2, 0) is 24.4 Å². The average molecular weight is 330 g/mol. The van der Waals surface area contributed by atoms with Gasteiger partial charge in [0.1, 0.15) is 0 Å². The zero-order valence-electron chi connectivity index (χ0n) is 13.8. The van der Waals surface area contributed by atoms with Crippen LogP contribution in [0.3, 0.4) is 0 Å². The van der Waals surface area contributed by atoms with Crippen LogP contribution in [0.1, 0.15) is 16.7 Å². The van der Waals surface area contributed by atoms with Gasteiger partial charge in [0, 0.05) is 20.2 Å². The van der Waals surface area contributed by atoms with Crippen molar-refractivity contribution in [3.05, 3.63) is 59.2 Å². The van der Waals surface area contributed by atoms with Crippen molar-refractivity contribution >= 4 is 6.03 Å². The van der Waals surface area contributed by atoms with Crippen LogP contribution in [0.2, 0.25) is 0 Å². The summed E-state index contributed by atoms with van der Waals surface area (Å²) in [6.07, 6.45) is 0. The fourth-order valence-corrected chi connectivity index (χ4v) is 2.27. The first kappa shape index (κ1) is 17.6. The van der Waals surface area contributed by atoms with Crippen LogP contribution >= 0.6 is 0 Å². The summed E-state index contributed by atoms with van der Waals surface area (Å²) in [5, 5.41) is 15.3. The lowest BCUT2D eigenvalue weighted by atomic mass is 10.1. The lowest BCUT2D eigenvalue weighted by molar-refractivity contribution is 0.185. The summed E-state index contributed by atoms with van der Waals surface area (Å²) in [5.41, 5.74) is 2.85. The van der Waals surface area contributed by atoms with E-state index in [0.29, 0.717) is 25.4 Å². The summed E-state index contributed by atoms with van der Waals surface area (Å²) in [4.78, 5) is 11.9. The molecule has 2 aromatic rings. The van der Waals surface area contributed by atoms with E-state index in [1.807, 2.05) is 24.3 Å². The first-order valence-electron chi connectivity index (χ1n) is 7.56. The maximum absolute atomic E-state index is 11.9. The van der Waals surface area contributed by atoms with Crippen molar-refractivity contribution in [3.8, 4) is 11.5 Å². The number of carbonyl (C=O) groups excluding carboxylic acids is 1. The molecule has 0 bridgehead atoms. The highest BCUT2D eigenvalue weighted by molar-refractivity contribution is 5.73. The maximum Gasteiger partial charge on any atom is 0.315 e. The van der Waals surface area contributed by atoms with Crippen LogP contribution in [-0.4, -0.2) is 25.4 Å². The zero-order chi connectivity index (χ0) is 17.4. The van der Waals surface area contributed by atoms with Crippen molar-refractivity contribution in [2.75, 3.05) is 14.2 Å². The molecule has 0 radical (unpaired) electrons. The van der Waals surface area contributed by atoms with E-state index in [-0.39, 0.29) is 11.8 Å². The summed E-state index contributed by atoms with van der Waals surface area (Å²) >= 11 is 0. The third-order valence-corrected chi connectivity index (χ3v) is 3.45. The normalized spacial score (nSPS) is 10.2. The molecule has 0 aliphatic carbocycles. The fraction of sp³-hybridized carbons (Fsp3) is 0.278. The van der Waals surface area contributed by atoms with E-state index < -0.39 is 0 Å². The fourth-order valence-electron chi connectivity index (χ4n) is 2.27. The molecule has 0 saturated heterocycles. The molecule has 0 aromatic heterocycles. The Labute approximate surface area is 141 Å². The predicted molar refractivity (Wildman–Crippen MR) is 90.9 cm³/mol. The molecule has 0 unspecified atom stereocenters. The Balaban J connectivity index is 1.81. The van der Waals surface area contributed by atoms with Crippen molar-refractivity contribution in [1.82, 2.24) is 10.6 Å². The number of rotatable bonds is 7. The number of urea groups is 1. The van der Waals surface area contributed by atoms with Crippen LogP contribution in [0.4, 0.5) is 4.79 Å². The van der Waals surface area contributed by atoms with Gasteiger partial charge in [-0.05, 0) is 28.8 Å². The molecule has 0 spiro atoms. The number of carbonyl (C=O) groups is 1. The largest absolute Gasteiger partial charge is 0.504 e. The zero-order valence-corrected chi connectivity index (χ0v) is 13.8. The highest BCUT2D eigenvalue weighted by atomic mass is 16.5. The van der Waals surface area contributed by atoms with E-state index in [4.69, 9.17) is 9.47 Å². The standard InChI is InChI=1S/C18H22N2O4/c1-23-12-15-5-3-4-13(8-15)10-19-18(22)20-11-14-6-7-17(24-2)16(21)9-14/h3-9,21H,10-12H2,1-2H3,(H2,19,20,22). The number of amides is 2. The summed E-state index contributed by atoms with van der Waals surface area (Å²) in [6, 6.07) is 12.6. The number of hydrogen-bond acceptors (Lipinski definition) is 4. The second-order valence-electron chi connectivity index (χ2n) is 5.30. The molecule has 0 fully saturated rings. The molecule has 0 heterocycles. The van der Waals surface area contributed by atoms with Crippen molar-refractivity contribution in [3.63, 3.8) is 0 Å². The molecule has 6 nitrogen and oxygen atoms in total. The molecule has 2 aromatic carbocycles. The molecule has 0 aliphatic heterocycles. The van der Waals surface area contributed by atoms with Gasteiger partial charge >= 0.3 is 6.03 Å². The number of nitrogens with one attached hydrogen (secondary N) is 2. The van der Waals surface area contributed by atoms with Gasteiger partial charge in [-0.2, -0.15) is 0 Å². The number of aromatic hydroxyl groups is 1. The molecule has 2 amide bonds. The Morgan fingerprint density at radius 2 is 1.67 bits per heavy atom. The predicted octanol–water partition coefficient (Wildman–Crippen LogP) is 2.55. The van der Waals surface area contributed by atoms with Crippen LogP contribution in [0.5, 0.6) is 11.5 Å². The minimum Gasteiger partial charge on any atom is -0.504 e. The highest BCUT2D eigenvalue weighted by Gasteiger charge is 2.05.